The highest BCUT2D eigenvalue weighted by molar-refractivity contribution is 14.1. The SMILES string of the molecule is CC(=O)N[C@@H]1CC=C(I)OC1[C@@H](CCO)OC(=O)NCCCNC(=O)/C=C/c1ccc(O)c(O)c1. The summed E-state index contributed by atoms with van der Waals surface area (Å²) in [5.74, 6) is -1.12. The quantitative estimate of drug-likeness (QED) is 0.0962. The van der Waals surface area contributed by atoms with E-state index in [9.17, 15) is 29.7 Å². The Morgan fingerprint density at radius 1 is 1.23 bits per heavy atom. The highest BCUT2D eigenvalue weighted by atomic mass is 127. The molecule has 12 heteroatoms. The van der Waals surface area contributed by atoms with Gasteiger partial charge in [0.25, 0.3) is 0 Å². The first-order valence-corrected chi connectivity index (χ1v) is 12.1. The van der Waals surface area contributed by atoms with Crippen molar-refractivity contribution in [3.05, 3.63) is 39.7 Å². The van der Waals surface area contributed by atoms with Gasteiger partial charge in [-0.2, -0.15) is 0 Å². The first-order valence-electron chi connectivity index (χ1n) is 11.0. The van der Waals surface area contributed by atoms with E-state index in [0.29, 0.717) is 28.7 Å². The number of halogens is 1. The predicted molar refractivity (Wildman–Crippen MR) is 136 cm³/mol. The van der Waals surface area contributed by atoms with Gasteiger partial charge < -0.3 is 40.7 Å². The summed E-state index contributed by atoms with van der Waals surface area (Å²) in [6.45, 7) is 1.69. The largest absolute Gasteiger partial charge is 0.504 e. The first kappa shape index (κ1) is 28.2. The normalized spacial score (nSPS) is 18.2. The molecule has 2 rings (SSSR count). The van der Waals surface area contributed by atoms with Gasteiger partial charge in [0.2, 0.25) is 11.8 Å². The van der Waals surface area contributed by atoms with E-state index in [4.69, 9.17) is 9.47 Å². The van der Waals surface area contributed by atoms with Gasteiger partial charge in [-0.05, 0) is 65.3 Å². The molecular weight excluding hydrogens is 573 g/mol. The Labute approximate surface area is 216 Å². The maximum atomic E-state index is 12.3. The monoisotopic (exact) mass is 603 g/mol. The van der Waals surface area contributed by atoms with Crippen molar-refractivity contribution in [2.45, 2.75) is 44.4 Å². The second-order valence-electron chi connectivity index (χ2n) is 7.74. The number of aliphatic hydroxyl groups excluding tert-OH is 1. The van der Waals surface area contributed by atoms with Crippen molar-refractivity contribution in [3.63, 3.8) is 0 Å². The highest BCUT2D eigenvalue weighted by Crippen LogP contribution is 2.27. The number of amides is 3. The van der Waals surface area contributed by atoms with Gasteiger partial charge in [-0.25, -0.2) is 4.79 Å². The van der Waals surface area contributed by atoms with E-state index in [2.05, 4.69) is 16.0 Å². The molecule has 0 aromatic heterocycles. The molecule has 0 spiro atoms. The number of nitrogens with one attached hydrogen (secondary N) is 3. The van der Waals surface area contributed by atoms with E-state index in [1.54, 1.807) is 6.07 Å². The number of aliphatic hydroxyl groups is 1. The van der Waals surface area contributed by atoms with Gasteiger partial charge in [-0.15, -0.1) is 0 Å². The molecule has 0 aliphatic carbocycles. The van der Waals surface area contributed by atoms with Crippen LogP contribution in [0.25, 0.3) is 6.08 Å². The number of phenolic OH excluding ortho intramolecular Hbond substituents is 2. The van der Waals surface area contributed by atoms with Crippen LogP contribution in [0.1, 0.15) is 31.7 Å². The lowest BCUT2D eigenvalue weighted by Crippen LogP contribution is -2.52. The van der Waals surface area contributed by atoms with Crippen LogP contribution in [0.15, 0.2) is 34.1 Å². The topological polar surface area (TPSA) is 166 Å². The van der Waals surface area contributed by atoms with E-state index in [1.165, 1.54) is 31.2 Å². The van der Waals surface area contributed by atoms with Crippen molar-refractivity contribution < 1.29 is 39.2 Å². The van der Waals surface area contributed by atoms with Crippen molar-refractivity contribution in [1.82, 2.24) is 16.0 Å². The third-order valence-electron chi connectivity index (χ3n) is 4.95. The summed E-state index contributed by atoms with van der Waals surface area (Å²) < 4.78 is 11.9. The van der Waals surface area contributed by atoms with Gasteiger partial charge in [-0.1, -0.05) is 6.07 Å². The summed E-state index contributed by atoms with van der Waals surface area (Å²) in [6.07, 6.45) is 3.57. The van der Waals surface area contributed by atoms with Crippen LogP contribution in [0.3, 0.4) is 0 Å². The zero-order valence-corrected chi connectivity index (χ0v) is 21.4. The molecule has 3 amide bonds. The lowest BCUT2D eigenvalue weighted by atomic mass is 9.98. The van der Waals surface area contributed by atoms with Gasteiger partial charge >= 0.3 is 6.09 Å². The maximum Gasteiger partial charge on any atom is 0.407 e. The molecule has 1 aliphatic rings. The molecule has 1 unspecified atom stereocenters. The van der Waals surface area contributed by atoms with E-state index in [1.807, 2.05) is 28.7 Å². The maximum absolute atomic E-state index is 12.3. The van der Waals surface area contributed by atoms with E-state index in [0.717, 1.165) is 0 Å². The average Bonchev–Trinajstić information content (AvgIpc) is 2.80. The third kappa shape index (κ3) is 10.0. The summed E-state index contributed by atoms with van der Waals surface area (Å²) in [7, 11) is 0. The van der Waals surface area contributed by atoms with E-state index < -0.39 is 24.3 Å². The van der Waals surface area contributed by atoms with Gasteiger partial charge in [-0.3, -0.25) is 9.59 Å². The molecule has 1 heterocycles. The number of carbonyl (C=O) groups is 3. The van der Waals surface area contributed by atoms with Gasteiger partial charge in [0.1, 0.15) is 6.10 Å². The minimum atomic E-state index is -0.778. The number of ether oxygens (including phenoxy) is 2. The fraction of sp³-hybridized carbons (Fsp3) is 0.435. The zero-order valence-electron chi connectivity index (χ0n) is 19.2. The zero-order chi connectivity index (χ0) is 25.8. The summed E-state index contributed by atoms with van der Waals surface area (Å²) in [4.78, 5) is 35.7. The van der Waals surface area contributed by atoms with Crippen LogP contribution in [0.5, 0.6) is 11.5 Å². The van der Waals surface area contributed by atoms with Crippen LogP contribution >= 0.6 is 22.6 Å². The van der Waals surface area contributed by atoms with Crippen LogP contribution in [0.2, 0.25) is 0 Å². The lowest BCUT2D eigenvalue weighted by molar-refractivity contribution is -0.122. The second-order valence-corrected chi connectivity index (χ2v) is 8.81. The van der Waals surface area contributed by atoms with Crippen LogP contribution < -0.4 is 16.0 Å². The summed E-state index contributed by atoms with van der Waals surface area (Å²) >= 11 is 2.01. The van der Waals surface area contributed by atoms with Crippen LogP contribution in [0, 0.1) is 0 Å². The summed E-state index contributed by atoms with van der Waals surface area (Å²) in [5, 5.41) is 36.2. The van der Waals surface area contributed by atoms with Crippen LogP contribution in [-0.4, -0.2) is 71.2 Å². The number of phenols is 2. The van der Waals surface area contributed by atoms with E-state index in [-0.39, 0.29) is 42.9 Å². The molecule has 0 bridgehead atoms. The number of aromatic hydroxyl groups is 2. The Hall–Kier alpha value is -3.00. The molecular formula is C23H30IN3O8. The second kappa shape index (κ2) is 14.4. The average molecular weight is 603 g/mol. The predicted octanol–water partition coefficient (Wildman–Crippen LogP) is 1.66. The van der Waals surface area contributed by atoms with Crippen molar-refractivity contribution in [2.24, 2.45) is 0 Å². The Morgan fingerprint density at radius 3 is 2.66 bits per heavy atom. The molecule has 0 saturated carbocycles. The molecule has 1 aromatic rings. The summed E-state index contributed by atoms with van der Waals surface area (Å²) in [6, 6.07) is 3.80. The molecule has 35 heavy (non-hydrogen) atoms. The number of rotatable bonds is 11. The Balaban J connectivity index is 1.75. The fourth-order valence-electron chi connectivity index (χ4n) is 3.31. The number of benzene rings is 1. The minimum absolute atomic E-state index is 0.138. The number of hydrogen-bond donors (Lipinski definition) is 6. The molecule has 1 aliphatic heterocycles. The van der Waals surface area contributed by atoms with Crippen molar-refractivity contribution in [1.29, 1.82) is 0 Å². The molecule has 0 radical (unpaired) electrons. The standard InChI is InChI=1S/C23H30IN3O8/c1-14(29)27-16-5-7-20(24)35-22(16)19(9-12-28)34-23(33)26-11-2-10-25-21(32)8-4-15-3-6-17(30)18(31)13-15/h3-4,6-8,13,16,19,22,28,30-31H,2,5,9-12H2,1H3,(H,25,32)(H,26,33)(H,27,29)/b8-4+/t16-,19-,22?/m1/s1. The molecule has 6 N–H and O–H groups in total. The fourth-order valence-corrected chi connectivity index (χ4v) is 3.86. The highest BCUT2D eigenvalue weighted by Gasteiger charge is 2.36. The number of alkyl carbamates (subject to hydrolysis) is 1. The van der Waals surface area contributed by atoms with Gasteiger partial charge in [0.05, 0.1) is 6.04 Å². The smallest absolute Gasteiger partial charge is 0.407 e. The summed E-state index contributed by atoms with van der Waals surface area (Å²) in [5.41, 5.74) is 0.546. The van der Waals surface area contributed by atoms with Crippen LogP contribution in [-0.2, 0) is 19.1 Å². The molecule has 0 saturated heterocycles. The Kier molecular flexibility index (Phi) is 11.6. The lowest BCUT2D eigenvalue weighted by Gasteiger charge is -2.35. The molecule has 11 nitrogen and oxygen atoms in total. The van der Waals surface area contributed by atoms with E-state index >= 15 is 0 Å². The Bertz CT molecular complexity index is 953. The molecule has 192 valence electrons. The Morgan fingerprint density at radius 2 is 1.97 bits per heavy atom. The molecule has 0 fully saturated rings. The van der Waals surface area contributed by atoms with Crippen molar-refractivity contribution in [3.8, 4) is 11.5 Å². The molecule has 3 atom stereocenters. The van der Waals surface area contributed by atoms with Crippen LogP contribution in [0.4, 0.5) is 4.79 Å². The van der Waals surface area contributed by atoms with Crippen molar-refractivity contribution >= 4 is 46.6 Å². The minimum Gasteiger partial charge on any atom is -0.504 e. The number of carbonyl (C=O) groups excluding carboxylic acids is 3. The number of hydrogen-bond acceptors (Lipinski definition) is 8. The van der Waals surface area contributed by atoms with Gasteiger partial charge in [0, 0.05) is 39.1 Å². The van der Waals surface area contributed by atoms with Gasteiger partial charge in [0.15, 0.2) is 21.4 Å². The first-order chi connectivity index (χ1) is 16.7. The third-order valence-corrected chi connectivity index (χ3v) is 5.65. The molecule has 1 aromatic carbocycles. The van der Waals surface area contributed by atoms with Crippen molar-refractivity contribution in [2.75, 3.05) is 19.7 Å².